The molecule has 3 heteroatoms. The van der Waals surface area contributed by atoms with E-state index in [0.29, 0.717) is 0 Å². The van der Waals surface area contributed by atoms with Gasteiger partial charge in [-0.15, -0.1) is 4.48 Å². The van der Waals surface area contributed by atoms with Crippen LogP contribution in [0.15, 0.2) is 0 Å². The van der Waals surface area contributed by atoms with Gasteiger partial charge in [0.05, 0.1) is 0 Å². The molecule has 0 fully saturated rings. The fraction of sp³-hybridized carbons (Fsp3) is 0.875. The molecule has 0 spiro atoms. The first kappa shape index (κ1) is 10.4. The average molecular weight is 161 g/mol. The highest BCUT2D eigenvalue weighted by Gasteiger charge is 2.15. The Morgan fingerprint density at radius 1 is 1.36 bits per heavy atom. The number of hydrogen-bond donors (Lipinski definition) is 1. The highest BCUT2D eigenvalue weighted by atomic mass is 19.2. The largest absolute Gasteiger partial charge is 0.272 e. The minimum atomic E-state index is -0.464. The summed E-state index contributed by atoms with van der Waals surface area (Å²) in [7, 11) is 0. The fourth-order valence-electron chi connectivity index (χ4n) is 1.18. The summed E-state index contributed by atoms with van der Waals surface area (Å²) >= 11 is 0. The third kappa shape index (κ3) is 3.96. The van der Waals surface area contributed by atoms with Crippen LogP contribution in [0.5, 0.6) is 0 Å². The summed E-state index contributed by atoms with van der Waals surface area (Å²) in [5.74, 6) is -0.594. The molecular weight excluding hydrogens is 145 g/mol. The molecule has 0 aliphatic carbocycles. The molecule has 0 aliphatic rings. The molecule has 1 N–H and O–H groups in total. The number of carbonyl (C=O) groups excluding carboxylic acids is 1. The molecule has 0 heterocycles. The van der Waals surface area contributed by atoms with Gasteiger partial charge in [-0.05, 0) is 12.8 Å². The van der Waals surface area contributed by atoms with Crippen LogP contribution in [0.2, 0.25) is 0 Å². The molecule has 2 nitrogen and oxygen atoms in total. The van der Waals surface area contributed by atoms with Crippen molar-refractivity contribution in [3.8, 4) is 0 Å². The van der Waals surface area contributed by atoms with Gasteiger partial charge >= 0.3 is 0 Å². The summed E-state index contributed by atoms with van der Waals surface area (Å²) in [6.45, 7) is 3.99. The van der Waals surface area contributed by atoms with Crippen molar-refractivity contribution >= 4 is 5.91 Å². The normalized spacial score (nSPS) is 10.2. The number of carbonyl (C=O) groups is 1. The molecule has 0 aromatic rings. The highest BCUT2D eigenvalue weighted by Crippen LogP contribution is 2.13. The number of rotatable bonds is 5. The highest BCUT2D eigenvalue weighted by molar-refractivity contribution is 5.77. The van der Waals surface area contributed by atoms with E-state index in [4.69, 9.17) is 0 Å². The monoisotopic (exact) mass is 161 g/mol. The standard InChI is InChI=1S/C8H16FNO/c1-3-5-7(6-4-2)8(11)10-9/h7H,3-6H2,1-2H3,(H,10,11). The molecule has 0 saturated carbocycles. The molecule has 0 aromatic heterocycles. The average Bonchev–Trinajstić information content (AvgIpc) is 2.03. The number of amides is 1. The van der Waals surface area contributed by atoms with Crippen molar-refractivity contribution in [1.29, 1.82) is 0 Å². The van der Waals surface area contributed by atoms with Gasteiger partial charge in [0.25, 0.3) is 5.91 Å². The zero-order valence-corrected chi connectivity index (χ0v) is 7.19. The van der Waals surface area contributed by atoms with Crippen molar-refractivity contribution in [3.05, 3.63) is 0 Å². The van der Waals surface area contributed by atoms with Gasteiger partial charge < -0.3 is 0 Å². The third-order valence-corrected chi connectivity index (χ3v) is 1.74. The predicted molar refractivity (Wildman–Crippen MR) is 42.6 cm³/mol. The van der Waals surface area contributed by atoms with Gasteiger partial charge in [-0.25, -0.2) is 0 Å². The van der Waals surface area contributed by atoms with Crippen molar-refractivity contribution in [2.75, 3.05) is 0 Å². The van der Waals surface area contributed by atoms with E-state index in [1.807, 2.05) is 13.8 Å². The summed E-state index contributed by atoms with van der Waals surface area (Å²) in [5, 5.41) is 0. The van der Waals surface area contributed by atoms with Crippen LogP contribution in [0, 0.1) is 5.92 Å². The van der Waals surface area contributed by atoms with E-state index in [-0.39, 0.29) is 5.92 Å². The maximum Gasteiger partial charge on any atom is 0.250 e. The van der Waals surface area contributed by atoms with Gasteiger partial charge in [-0.2, -0.15) is 5.54 Å². The lowest BCUT2D eigenvalue weighted by Crippen LogP contribution is -2.24. The predicted octanol–water partition coefficient (Wildman–Crippen LogP) is 2.20. The van der Waals surface area contributed by atoms with Crippen LogP contribution >= 0.6 is 0 Å². The van der Waals surface area contributed by atoms with Crippen LogP contribution in [0.4, 0.5) is 4.48 Å². The van der Waals surface area contributed by atoms with Crippen molar-refractivity contribution < 1.29 is 9.28 Å². The molecule has 0 rings (SSSR count). The molecular formula is C8H16FNO. The summed E-state index contributed by atoms with van der Waals surface area (Å²) < 4.78 is 11.7. The van der Waals surface area contributed by atoms with Crippen molar-refractivity contribution in [3.63, 3.8) is 0 Å². The Balaban J connectivity index is 3.76. The first-order chi connectivity index (χ1) is 5.26. The minimum absolute atomic E-state index is 0.130. The Kier molecular flexibility index (Phi) is 5.80. The van der Waals surface area contributed by atoms with Gasteiger partial charge in [-0.1, -0.05) is 26.7 Å². The summed E-state index contributed by atoms with van der Waals surface area (Å²) in [6, 6.07) is 0. The Morgan fingerprint density at radius 2 is 1.82 bits per heavy atom. The molecule has 66 valence electrons. The zero-order valence-electron chi connectivity index (χ0n) is 7.19. The number of hydrogen-bond acceptors (Lipinski definition) is 1. The van der Waals surface area contributed by atoms with Crippen molar-refractivity contribution in [1.82, 2.24) is 5.54 Å². The Labute approximate surface area is 67.1 Å². The summed E-state index contributed by atoms with van der Waals surface area (Å²) in [6.07, 6.45) is 3.42. The molecule has 0 unspecified atom stereocenters. The van der Waals surface area contributed by atoms with E-state index < -0.39 is 5.91 Å². The van der Waals surface area contributed by atoms with Crippen molar-refractivity contribution in [2.45, 2.75) is 39.5 Å². The fourth-order valence-corrected chi connectivity index (χ4v) is 1.18. The number of nitrogens with one attached hydrogen (secondary N) is 1. The number of halogens is 1. The van der Waals surface area contributed by atoms with Crippen LogP contribution in [0.25, 0.3) is 0 Å². The zero-order chi connectivity index (χ0) is 8.69. The summed E-state index contributed by atoms with van der Waals surface area (Å²) in [4.78, 5) is 10.8. The van der Waals surface area contributed by atoms with Crippen LogP contribution in [0.3, 0.4) is 0 Å². The van der Waals surface area contributed by atoms with Gasteiger partial charge in [0.2, 0.25) is 0 Å². The van der Waals surface area contributed by atoms with Crippen molar-refractivity contribution in [2.24, 2.45) is 5.92 Å². The molecule has 0 bridgehead atoms. The first-order valence-corrected chi connectivity index (χ1v) is 4.16. The molecule has 0 aromatic carbocycles. The smallest absolute Gasteiger partial charge is 0.250 e. The second-order valence-electron chi connectivity index (χ2n) is 2.73. The maximum atomic E-state index is 11.7. The third-order valence-electron chi connectivity index (χ3n) is 1.74. The van der Waals surface area contributed by atoms with E-state index in [2.05, 4.69) is 0 Å². The van der Waals surface area contributed by atoms with Gasteiger partial charge in [0.15, 0.2) is 0 Å². The topological polar surface area (TPSA) is 29.1 Å². The molecule has 0 aliphatic heterocycles. The maximum absolute atomic E-state index is 11.7. The Morgan fingerprint density at radius 3 is 2.09 bits per heavy atom. The Bertz CT molecular complexity index is 111. The molecule has 11 heavy (non-hydrogen) atoms. The second kappa shape index (κ2) is 6.13. The minimum Gasteiger partial charge on any atom is -0.272 e. The lowest BCUT2D eigenvalue weighted by atomic mass is 9.98. The van der Waals surface area contributed by atoms with E-state index in [9.17, 15) is 9.28 Å². The van der Waals surface area contributed by atoms with Crippen LogP contribution in [-0.2, 0) is 4.79 Å². The van der Waals surface area contributed by atoms with Crippen LogP contribution < -0.4 is 5.54 Å². The first-order valence-electron chi connectivity index (χ1n) is 4.16. The van der Waals surface area contributed by atoms with Gasteiger partial charge in [0.1, 0.15) is 0 Å². The van der Waals surface area contributed by atoms with Gasteiger partial charge in [0, 0.05) is 5.92 Å². The Hall–Kier alpha value is -0.600. The molecule has 1 amide bonds. The SMILES string of the molecule is CCCC(CCC)C(=O)NF. The van der Waals surface area contributed by atoms with Crippen LogP contribution in [-0.4, -0.2) is 5.91 Å². The molecule has 0 atom stereocenters. The molecule has 0 radical (unpaired) electrons. The van der Waals surface area contributed by atoms with Crippen LogP contribution in [0.1, 0.15) is 39.5 Å². The van der Waals surface area contributed by atoms with E-state index >= 15 is 0 Å². The molecule has 0 saturated heterocycles. The second-order valence-corrected chi connectivity index (χ2v) is 2.73. The van der Waals surface area contributed by atoms with E-state index in [0.717, 1.165) is 25.7 Å². The van der Waals surface area contributed by atoms with E-state index in [1.165, 1.54) is 5.54 Å². The lowest BCUT2D eigenvalue weighted by Gasteiger charge is -2.10. The summed E-state index contributed by atoms with van der Waals surface area (Å²) in [5.41, 5.74) is 1.20. The van der Waals surface area contributed by atoms with E-state index in [1.54, 1.807) is 0 Å². The lowest BCUT2D eigenvalue weighted by molar-refractivity contribution is -0.129. The quantitative estimate of drug-likeness (QED) is 0.615. The van der Waals surface area contributed by atoms with Gasteiger partial charge in [-0.3, -0.25) is 4.79 Å².